The number of nitrogens with zero attached hydrogens (tertiary/aromatic N) is 1. The number of esters is 1. The van der Waals surface area contributed by atoms with Gasteiger partial charge in [-0.15, -0.1) is 0 Å². The number of carbonyl (C=O) groups is 2. The molecule has 1 atom stereocenters. The van der Waals surface area contributed by atoms with Crippen molar-refractivity contribution in [1.29, 1.82) is 0 Å². The monoisotopic (exact) mass is 382 g/mol. The summed E-state index contributed by atoms with van der Waals surface area (Å²) >= 11 is 3.48. The molecule has 0 radical (unpaired) electrons. The van der Waals surface area contributed by atoms with Crippen LogP contribution in [0.5, 0.6) is 5.75 Å². The van der Waals surface area contributed by atoms with Crippen molar-refractivity contribution in [3.8, 4) is 5.75 Å². The maximum atomic E-state index is 12.2. The Kier molecular flexibility index (Phi) is 5.30. The molecule has 1 aromatic carbocycles. The van der Waals surface area contributed by atoms with E-state index in [9.17, 15) is 9.59 Å². The Balaban J connectivity index is 2.57. The minimum Gasteiger partial charge on any atom is -0.494 e. The summed E-state index contributed by atoms with van der Waals surface area (Å²) in [6, 6.07) is 4.56. The SMILES string of the molecule is CCOc1ccc(Br)c(C2NC(=O)N(C)C(C)=C2C(=O)OC)c1. The van der Waals surface area contributed by atoms with E-state index in [-0.39, 0.29) is 6.03 Å². The lowest BCUT2D eigenvalue weighted by atomic mass is 9.95. The second kappa shape index (κ2) is 7.04. The van der Waals surface area contributed by atoms with Crippen LogP contribution in [0.2, 0.25) is 0 Å². The molecule has 1 unspecified atom stereocenters. The molecule has 124 valence electrons. The van der Waals surface area contributed by atoms with E-state index >= 15 is 0 Å². The summed E-state index contributed by atoms with van der Waals surface area (Å²) < 4.78 is 11.2. The number of rotatable bonds is 4. The number of urea groups is 1. The molecule has 1 N–H and O–H groups in total. The lowest BCUT2D eigenvalue weighted by Crippen LogP contribution is -2.46. The number of carbonyl (C=O) groups excluding carboxylic acids is 2. The zero-order chi connectivity index (χ0) is 17.1. The first kappa shape index (κ1) is 17.3. The number of ether oxygens (including phenoxy) is 2. The van der Waals surface area contributed by atoms with Gasteiger partial charge >= 0.3 is 12.0 Å². The maximum Gasteiger partial charge on any atom is 0.337 e. The summed E-state index contributed by atoms with van der Waals surface area (Å²) in [6.45, 7) is 4.14. The average molecular weight is 383 g/mol. The van der Waals surface area contributed by atoms with Gasteiger partial charge < -0.3 is 19.7 Å². The highest BCUT2D eigenvalue weighted by Crippen LogP contribution is 2.36. The highest BCUT2D eigenvalue weighted by molar-refractivity contribution is 9.10. The Labute approximate surface area is 143 Å². The molecule has 6 nitrogen and oxygen atoms in total. The highest BCUT2D eigenvalue weighted by atomic mass is 79.9. The number of nitrogens with one attached hydrogen (secondary N) is 1. The molecule has 0 aliphatic carbocycles. The molecular weight excluding hydrogens is 364 g/mol. The number of methoxy groups -OCH3 is 1. The fourth-order valence-corrected chi connectivity index (χ4v) is 2.92. The van der Waals surface area contributed by atoms with E-state index in [4.69, 9.17) is 9.47 Å². The van der Waals surface area contributed by atoms with E-state index < -0.39 is 12.0 Å². The summed E-state index contributed by atoms with van der Waals surface area (Å²) in [5.41, 5.74) is 1.68. The van der Waals surface area contributed by atoms with Crippen LogP contribution in [0.3, 0.4) is 0 Å². The normalized spacial score (nSPS) is 17.9. The number of benzene rings is 1. The Bertz CT molecular complexity index is 672. The second-order valence-corrected chi connectivity index (χ2v) is 5.90. The first-order chi connectivity index (χ1) is 10.9. The summed E-state index contributed by atoms with van der Waals surface area (Å²) in [5, 5.41) is 2.83. The van der Waals surface area contributed by atoms with Crippen LogP contribution < -0.4 is 10.1 Å². The molecule has 1 aliphatic heterocycles. The van der Waals surface area contributed by atoms with Gasteiger partial charge in [0.1, 0.15) is 5.75 Å². The fourth-order valence-electron chi connectivity index (χ4n) is 2.44. The van der Waals surface area contributed by atoms with Gasteiger partial charge in [0.25, 0.3) is 0 Å². The third-order valence-corrected chi connectivity index (χ3v) is 4.47. The van der Waals surface area contributed by atoms with Crippen LogP contribution in [0.4, 0.5) is 4.79 Å². The molecule has 0 saturated heterocycles. The van der Waals surface area contributed by atoms with E-state index in [2.05, 4.69) is 21.2 Å². The Morgan fingerprint density at radius 3 is 2.74 bits per heavy atom. The van der Waals surface area contributed by atoms with Crippen molar-refractivity contribution in [3.05, 3.63) is 39.5 Å². The molecule has 0 bridgehead atoms. The lowest BCUT2D eigenvalue weighted by Gasteiger charge is -2.33. The van der Waals surface area contributed by atoms with Crippen LogP contribution in [0.1, 0.15) is 25.5 Å². The molecule has 2 amide bonds. The van der Waals surface area contributed by atoms with Gasteiger partial charge in [0.15, 0.2) is 0 Å². The van der Waals surface area contributed by atoms with Crippen LogP contribution in [0.25, 0.3) is 0 Å². The van der Waals surface area contributed by atoms with Gasteiger partial charge in [-0.3, -0.25) is 0 Å². The molecule has 1 heterocycles. The number of amides is 2. The fraction of sp³-hybridized carbons (Fsp3) is 0.375. The topological polar surface area (TPSA) is 67.9 Å². The number of hydrogen-bond donors (Lipinski definition) is 1. The molecule has 0 fully saturated rings. The first-order valence-electron chi connectivity index (χ1n) is 7.16. The first-order valence-corrected chi connectivity index (χ1v) is 7.95. The van der Waals surface area contributed by atoms with Gasteiger partial charge in [-0.05, 0) is 37.6 Å². The van der Waals surface area contributed by atoms with Gasteiger partial charge in [-0.2, -0.15) is 0 Å². The van der Waals surface area contributed by atoms with Crippen LogP contribution in [-0.4, -0.2) is 37.7 Å². The molecule has 1 aromatic rings. The average Bonchev–Trinajstić information content (AvgIpc) is 2.53. The van der Waals surface area contributed by atoms with Crippen LogP contribution >= 0.6 is 15.9 Å². The second-order valence-electron chi connectivity index (χ2n) is 5.05. The van der Waals surface area contributed by atoms with E-state index in [0.717, 1.165) is 10.0 Å². The zero-order valence-electron chi connectivity index (χ0n) is 13.5. The smallest absolute Gasteiger partial charge is 0.337 e. The zero-order valence-corrected chi connectivity index (χ0v) is 15.1. The summed E-state index contributed by atoms with van der Waals surface area (Å²) in [5.74, 6) is 0.189. The minimum absolute atomic E-state index is 0.283. The van der Waals surface area contributed by atoms with Crippen molar-refractivity contribution in [1.82, 2.24) is 10.2 Å². The van der Waals surface area contributed by atoms with Crippen molar-refractivity contribution < 1.29 is 19.1 Å². The Morgan fingerprint density at radius 2 is 2.13 bits per heavy atom. The van der Waals surface area contributed by atoms with Gasteiger partial charge in [0, 0.05) is 17.2 Å². The van der Waals surface area contributed by atoms with Gasteiger partial charge in [0.2, 0.25) is 0 Å². The van der Waals surface area contributed by atoms with Crippen LogP contribution in [-0.2, 0) is 9.53 Å². The number of hydrogen-bond acceptors (Lipinski definition) is 4. The molecule has 23 heavy (non-hydrogen) atoms. The van der Waals surface area contributed by atoms with Crippen molar-refractivity contribution in [2.45, 2.75) is 19.9 Å². The molecule has 2 rings (SSSR count). The van der Waals surface area contributed by atoms with Gasteiger partial charge in [-0.1, -0.05) is 15.9 Å². The highest BCUT2D eigenvalue weighted by Gasteiger charge is 2.35. The van der Waals surface area contributed by atoms with Crippen molar-refractivity contribution >= 4 is 27.9 Å². The summed E-state index contributed by atoms with van der Waals surface area (Å²) in [6.07, 6.45) is 0. The molecule has 7 heteroatoms. The van der Waals surface area contributed by atoms with Gasteiger partial charge in [-0.25, -0.2) is 9.59 Å². The molecule has 1 aliphatic rings. The predicted octanol–water partition coefficient (Wildman–Crippen LogP) is 2.99. The van der Waals surface area contributed by atoms with E-state index in [0.29, 0.717) is 23.6 Å². The molecule has 0 saturated carbocycles. The van der Waals surface area contributed by atoms with Gasteiger partial charge in [0.05, 0.1) is 25.3 Å². The van der Waals surface area contributed by atoms with Crippen molar-refractivity contribution in [2.75, 3.05) is 20.8 Å². The minimum atomic E-state index is -0.610. The summed E-state index contributed by atoms with van der Waals surface area (Å²) in [4.78, 5) is 25.8. The largest absolute Gasteiger partial charge is 0.494 e. The van der Waals surface area contributed by atoms with Crippen LogP contribution in [0, 0.1) is 0 Å². The number of allylic oxidation sites excluding steroid dienone is 1. The third-order valence-electron chi connectivity index (χ3n) is 3.75. The molecule has 0 spiro atoms. The standard InChI is InChI=1S/C16H19BrN2O4/c1-5-23-10-6-7-12(17)11(8-10)14-13(15(20)22-4)9(2)19(3)16(21)18-14/h6-8,14H,5H2,1-4H3,(H,18,21). The van der Waals surface area contributed by atoms with Crippen molar-refractivity contribution in [2.24, 2.45) is 0 Å². The van der Waals surface area contributed by atoms with E-state index in [1.54, 1.807) is 20.0 Å². The van der Waals surface area contributed by atoms with E-state index in [1.807, 2.05) is 19.1 Å². The third kappa shape index (κ3) is 3.34. The summed E-state index contributed by atoms with van der Waals surface area (Å²) in [7, 11) is 2.93. The molecular formula is C16H19BrN2O4. The van der Waals surface area contributed by atoms with Crippen molar-refractivity contribution in [3.63, 3.8) is 0 Å². The quantitative estimate of drug-likeness (QED) is 0.812. The van der Waals surface area contributed by atoms with E-state index in [1.165, 1.54) is 12.0 Å². The Morgan fingerprint density at radius 1 is 1.43 bits per heavy atom. The lowest BCUT2D eigenvalue weighted by molar-refractivity contribution is -0.136. The Hall–Kier alpha value is -2.02. The predicted molar refractivity (Wildman–Crippen MR) is 89.1 cm³/mol. The maximum absolute atomic E-state index is 12.2. The molecule has 0 aromatic heterocycles. The van der Waals surface area contributed by atoms with Crippen LogP contribution in [0.15, 0.2) is 33.9 Å². The number of halogens is 1.